The molecule has 4 nitrogen and oxygen atoms in total. The van der Waals surface area contributed by atoms with Crippen LogP contribution in [0.1, 0.15) is 22.7 Å². The Morgan fingerprint density at radius 3 is 2.84 bits per heavy atom. The Labute approximate surface area is 110 Å². The summed E-state index contributed by atoms with van der Waals surface area (Å²) in [4.78, 5) is 4.97. The SMILES string of the molecule is Nc1sc2c(c1-c1nc(CC(F)(F)F)no1)CCC2. The lowest BCUT2D eigenvalue weighted by Crippen LogP contribution is -2.12. The van der Waals surface area contributed by atoms with E-state index in [0.29, 0.717) is 10.6 Å². The van der Waals surface area contributed by atoms with E-state index in [1.807, 2.05) is 0 Å². The maximum absolute atomic E-state index is 12.2. The number of nitrogens with two attached hydrogens (primary N) is 1. The first kappa shape index (κ1) is 12.5. The summed E-state index contributed by atoms with van der Waals surface area (Å²) >= 11 is 1.45. The van der Waals surface area contributed by atoms with Crippen molar-refractivity contribution in [3.63, 3.8) is 0 Å². The van der Waals surface area contributed by atoms with E-state index < -0.39 is 12.6 Å². The number of halogens is 3. The Bertz CT molecular complexity index is 617. The molecule has 19 heavy (non-hydrogen) atoms. The normalized spacial score (nSPS) is 14.9. The second kappa shape index (κ2) is 4.22. The Hall–Kier alpha value is -1.57. The second-order valence-corrected chi connectivity index (χ2v) is 5.54. The van der Waals surface area contributed by atoms with E-state index in [2.05, 4.69) is 10.1 Å². The predicted octanol–water partition coefficient (Wildman–Crippen LogP) is 2.97. The summed E-state index contributed by atoms with van der Waals surface area (Å²) in [7, 11) is 0. The van der Waals surface area contributed by atoms with Crippen molar-refractivity contribution in [2.45, 2.75) is 31.9 Å². The molecule has 1 aliphatic carbocycles. The van der Waals surface area contributed by atoms with E-state index in [0.717, 1.165) is 24.8 Å². The Morgan fingerprint density at radius 2 is 2.11 bits per heavy atom. The molecule has 0 aromatic carbocycles. The van der Waals surface area contributed by atoms with Crippen molar-refractivity contribution in [1.29, 1.82) is 0 Å². The highest BCUT2D eigenvalue weighted by atomic mass is 32.1. The first-order chi connectivity index (χ1) is 8.94. The minimum atomic E-state index is -4.34. The fourth-order valence-electron chi connectivity index (χ4n) is 2.27. The summed E-state index contributed by atoms with van der Waals surface area (Å²) in [6, 6.07) is 0. The molecule has 0 fully saturated rings. The summed E-state index contributed by atoms with van der Waals surface area (Å²) in [6.07, 6.45) is -2.70. The molecule has 0 bridgehead atoms. The summed E-state index contributed by atoms with van der Waals surface area (Å²) in [5.74, 6) is -0.268. The number of hydrogen-bond donors (Lipinski definition) is 1. The van der Waals surface area contributed by atoms with Gasteiger partial charge in [0.1, 0.15) is 6.42 Å². The third-order valence-corrected chi connectivity index (χ3v) is 4.11. The number of nitrogen functional groups attached to an aromatic ring is 1. The number of alkyl halides is 3. The van der Waals surface area contributed by atoms with Gasteiger partial charge in [0.25, 0.3) is 5.89 Å². The summed E-state index contributed by atoms with van der Waals surface area (Å²) in [6.45, 7) is 0. The number of thiophene rings is 1. The number of nitrogens with zero attached hydrogens (tertiary/aromatic N) is 2. The van der Waals surface area contributed by atoms with Crippen LogP contribution in [0, 0.1) is 0 Å². The van der Waals surface area contributed by atoms with Crippen molar-refractivity contribution in [2.75, 3.05) is 5.73 Å². The highest BCUT2D eigenvalue weighted by Gasteiger charge is 2.32. The van der Waals surface area contributed by atoms with Gasteiger partial charge in [0.05, 0.1) is 10.6 Å². The molecule has 102 valence electrons. The average molecular weight is 289 g/mol. The first-order valence-corrected chi connectivity index (χ1v) is 6.55. The molecule has 3 rings (SSSR count). The molecule has 1 aliphatic rings. The zero-order valence-corrected chi connectivity index (χ0v) is 10.6. The Balaban J connectivity index is 1.95. The fraction of sp³-hybridized carbons (Fsp3) is 0.455. The van der Waals surface area contributed by atoms with Crippen molar-refractivity contribution >= 4 is 16.3 Å². The van der Waals surface area contributed by atoms with E-state index in [1.165, 1.54) is 16.2 Å². The van der Waals surface area contributed by atoms with Gasteiger partial charge in [-0.25, -0.2) is 0 Å². The number of fused-ring (bicyclic) bond motifs is 1. The molecule has 0 saturated heterocycles. The molecule has 0 atom stereocenters. The summed E-state index contributed by atoms with van der Waals surface area (Å²) < 4.78 is 41.7. The summed E-state index contributed by atoms with van der Waals surface area (Å²) in [5, 5.41) is 3.90. The van der Waals surface area contributed by atoms with Gasteiger partial charge in [-0.3, -0.25) is 0 Å². The van der Waals surface area contributed by atoms with Crippen LogP contribution in [0.4, 0.5) is 18.2 Å². The lowest BCUT2D eigenvalue weighted by Gasteiger charge is -2.00. The van der Waals surface area contributed by atoms with E-state index in [-0.39, 0.29) is 11.7 Å². The monoisotopic (exact) mass is 289 g/mol. The second-order valence-electron chi connectivity index (χ2n) is 4.40. The van der Waals surface area contributed by atoms with E-state index in [1.54, 1.807) is 0 Å². The third kappa shape index (κ3) is 2.32. The maximum atomic E-state index is 12.2. The molecule has 2 N–H and O–H groups in total. The van der Waals surface area contributed by atoms with Crippen molar-refractivity contribution < 1.29 is 17.7 Å². The highest BCUT2D eigenvalue weighted by Crippen LogP contribution is 2.42. The number of aromatic nitrogens is 2. The molecule has 0 saturated carbocycles. The van der Waals surface area contributed by atoms with Gasteiger partial charge in [-0.15, -0.1) is 11.3 Å². The van der Waals surface area contributed by atoms with Gasteiger partial charge in [0, 0.05) is 4.88 Å². The van der Waals surface area contributed by atoms with Gasteiger partial charge in [-0.2, -0.15) is 18.2 Å². The molecule has 0 aliphatic heterocycles. The van der Waals surface area contributed by atoms with Gasteiger partial charge < -0.3 is 10.3 Å². The largest absolute Gasteiger partial charge is 0.396 e. The van der Waals surface area contributed by atoms with Gasteiger partial charge in [0.2, 0.25) is 0 Å². The lowest BCUT2D eigenvalue weighted by molar-refractivity contribution is -0.128. The maximum Gasteiger partial charge on any atom is 0.396 e. The molecular weight excluding hydrogens is 279 g/mol. The van der Waals surface area contributed by atoms with E-state index in [4.69, 9.17) is 10.3 Å². The Morgan fingerprint density at radius 1 is 1.32 bits per heavy atom. The minimum absolute atomic E-state index is 0.0937. The number of hydrogen-bond acceptors (Lipinski definition) is 5. The molecule has 2 aromatic heterocycles. The molecule has 0 unspecified atom stereocenters. The van der Waals surface area contributed by atoms with Crippen LogP contribution in [0.3, 0.4) is 0 Å². The predicted molar refractivity (Wildman–Crippen MR) is 63.8 cm³/mol. The van der Waals surface area contributed by atoms with Crippen molar-refractivity contribution in [1.82, 2.24) is 10.1 Å². The van der Waals surface area contributed by atoms with Crippen LogP contribution in [-0.4, -0.2) is 16.3 Å². The van der Waals surface area contributed by atoms with Crippen molar-refractivity contribution in [2.24, 2.45) is 0 Å². The Kier molecular flexibility index (Phi) is 2.77. The van der Waals surface area contributed by atoms with Gasteiger partial charge in [-0.1, -0.05) is 5.16 Å². The summed E-state index contributed by atoms with van der Waals surface area (Å²) in [5.41, 5.74) is 7.56. The minimum Gasteiger partial charge on any atom is -0.390 e. The van der Waals surface area contributed by atoms with Crippen LogP contribution in [0.25, 0.3) is 11.5 Å². The number of rotatable bonds is 2. The third-order valence-electron chi connectivity index (χ3n) is 2.99. The lowest BCUT2D eigenvalue weighted by atomic mass is 10.1. The van der Waals surface area contributed by atoms with Crippen LogP contribution in [-0.2, 0) is 19.3 Å². The van der Waals surface area contributed by atoms with Crippen LogP contribution in [0.2, 0.25) is 0 Å². The average Bonchev–Trinajstić information content (AvgIpc) is 2.91. The van der Waals surface area contributed by atoms with Crippen molar-refractivity contribution in [3.8, 4) is 11.5 Å². The standard InChI is InChI=1S/C11H10F3N3OS/c12-11(13,14)4-7-16-10(18-17-7)8-5-2-1-3-6(5)19-9(8)15/h1-4,15H2. The fourth-order valence-corrected chi connectivity index (χ4v) is 3.42. The zero-order chi connectivity index (χ0) is 13.6. The molecule has 0 radical (unpaired) electrons. The van der Waals surface area contributed by atoms with Crippen LogP contribution in [0.15, 0.2) is 4.52 Å². The van der Waals surface area contributed by atoms with Crippen LogP contribution in [0.5, 0.6) is 0 Å². The zero-order valence-electron chi connectivity index (χ0n) is 9.75. The highest BCUT2D eigenvalue weighted by molar-refractivity contribution is 7.16. The number of anilines is 1. The molecule has 2 heterocycles. The molecule has 0 spiro atoms. The van der Waals surface area contributed by atoms with Crippen LogP contribution >= 0.6 is 11.3 Å². The smallest absolute Gasteiger partial charge is 0.390 e. The van der Waals surface area contributed by atoms with Crippen LogP contribution < -0.4 is 5.73 Å². The topological polar surface area (TPSA) is 64.9 Å². The molecular formula is C11H10F3N3OS. The quantitative estimate of drug-likeness (QED) is 0.923. The molecule has 8 heteroatoms. The van der Waals surface area contributed by atoms with Gasteiger partial charge in [-0.05, 0) is 24.8 Å². The van der Waals surface area contributed by atoms with Crippen molar-refractivity contribution in [3.05, 3.63) is 16.3 Å². The van der Waals surface area contributed by atoms with E-state index in [9.17, 15) is 13.2 Å². The van der Waals surface area contributed by atoms with E-state index >= 15 is 0 Å². The van der Waals surface area contributed by atoms with Gasteiger partial charge >= 0.3 is 6.18 Å². The molecule has 0 amide bonds. The van der Waals surface area contributed by atoms with Gasteiger partial charge in [0.15, 0.2) is 5.82 Å². The molecule has 2 aromatic rings. The first-order valence-electron chi connectivity index (χ1n) is 5.74. The number of aryl methyl sites for hydroxylation is 1.